The van der Waals surface area contributed by atoms with Gasteiger partial charge in [-0.3, -0.25) is 9.69 Å². The number of anilines is 2. The van der Waals surface area contributed by atoms with Crippen LogP contribution in [-0.4, -0.2) is 16.1 Å². The Labute approximate surface area is 179 Å². The standard InChI is InChI=1S/C23H19N3OS2/c1-3-19(29-22-16(14-24)13-12-15(2)25-22)23(27)26-17-8-4-6-10-20(17)28-21-11-7-5-9-18(21)26/h4-13,19H,3H2,1-2H3. The summed E-state index contributed by atoms with van der Waals surface area (Å²) in [4.78, 5) is 22.2. The van der Waals surface area contributed by atoms with E-state index in [-0.39, 0.29) is 11.2 Å². The van der Waals surface area contributed by atoms with E-state index in [9.17, 15) is 10.1 Å². The van der Waals surface area contributed by atoms with Crippen LogP contribution in [0.25, 0.3) is 0 Å². The number of pyridine rings is 1. The molecular weight excluding hydrogens is 398 g/mol. The van der Waals surface area contributed by atoms with Crippen molar-refractivity contribution in [3.8, 4) is 6.07 Å². The first-order valence-electron chi connectivity index (χ1n) is 9.36. The van der Waals surface area contributed by atoms with Crippen molar-refractivity contribution in [2.24, 2.45) is 0 Å². The number of rotatable bonds is 4. The van der Waals surface area contributed by atoms with E-state index in [0.29, 0.717) is 17.0 Å². The lowest BCUT2D eigenvalue weighted by molar-refractivity contribution is -0.117. The molecule has 0 radical (unpaired) electrons. The summed E-state index contributed by atoms with van der Waals surface area (Å²) in [7, 11) is 0. The maximum Gasteiger partial charge on any atom is 0.245 e. The Kier molecular flexibility index (Phi) is 5.61. The van der Waals surface area contributed by atoms with Crippen molar-refractivity contribution in [1.82, 2.24) is 4.98 Å². The minimum absolute atomic E-state index is 0.00453. The highest BCUT2D eigenvalue weighted by Crippen LogP contribution is 2.48. The minimum Gasteiger partial charge on any atom is -0.278 e. The molecule has 0 aliphatic carbocycles. The van der Waals surface area contributed by atoms with Crippen LogP contribution in [0.2, 0.25) is 0 Å². The number of nitriles is 1. The molecule has 1 atom stereocenters. The molecule has 6 heteroatoms. The van der Waals surface area contributed by atoms with Crippen LogP contribution in [0.3, 0.4) is 0 Å². The molecule has 4 nitrogen and oxygen atoms in total. The first-order valence-corrected chi connectivity index (χ1v) is 11.1. The molecule has 1 aliphatic rings. The molecule has 1 aliphatic heterocycles. The van der Waals surface area contributed by atoms with E-state index in [1.807, 2.05) is 73.3 Å². The van der Waals surface area contributed by atoms with Gasteiger partial charge in [-0.1, -0.05) is 54.7 Å². The second-order valence-electron chi connectivity index (χ2n) is 6.64. The van der Waals surface area contributed by atoms with Gasteiger partial charge in [0.25, 0.3) is 0 Å². The molecular formula is C23H19N3OS2. The zero-order valence-electron chi connectivity index (χ0n) is 16.1. The Balaban J connectivity index is 1.74. The number of benzene rings is 2. The van der Waals surface area contributed by atoms with Gasteiger partial charge in [-0.15, -0.1) is 0 Å². The number of aromatic nitrogens is 1. The zero-order chi connectivity index (χ0) is 20.4. The highest BCUT2D eigenvalue weighted by molar-refractivity contribution is 8.00. The summed E-state index contributed by atoms with van der Waals surface area (Å²) in [6, 6.07) is 21.7. The number of nitrogens with zero attached hydrogens (tertiary/aromatic N) is 3. The molecule has 0 spiro atoms. The predicted molar refractivity (Wildman–Crippen MR) is 118 cm³/mol. The number of carbonyl (C=O) groups excluding carboxylic acids is 1. The fourth-order valence-electron chi connectivity index (χ4n) is 3.24. The first-order chi connectivity index (χ1) is 14.1. The summed E-state index contributed by atoms with van der Waals surface area (Å²) in [5, 5.41) is 9.71. The summed E-state index contributed by atoms with van der Waals surface area (Å²) in [5.74, 6) is 0.00453. The van der Waals surface area contributed by atoms with E-state index in [2.05, 4.69) is 11.1 Å². The van der Waals surface area contributed by atoms with E-state index in [0.717, 1.165) is 26.9 Å². The number of para-hydroxylation sites is 2. The summed E-state index contributed by atoms with van der Waals surface area (Å²) >= 11 is 3.05. The number of thioether (sulfide) groups is 1. The van der Waals surface area contributed by atoms with Crippen molar-refractivity contribution in [2.75, 3.05) is 4.90 Å². The van der Waals surface area contributed by atoms with Gasteiger partial charge in [-0.05, 0) is 49.7 Å². The van der Waals surface area contributed by atoms with Gasteiger partial charge < -0.3 is 0 Å². The molecule has 1 amide bonds. The molecule has 1 unspecified atom stereocenters. The summed E-state index contributed by atoms with van der Waals surface area (Å²) < 4.78 is 0. The first kappa shape index (κ1) is 19.6. The topological polar surface area (TPSA) is 57.0 Å². The van der Waals surface area contributed by atoms with Crippen LogP contribution < -0.4 is 4.90 Å². The third kappa shape index (κ3) is 3.76. The minimum atomic E-state index is -0.347. The molecule has 2 aromatic carbocycles. The Morgan fingerprint density at radius 1 is 1.10 bits per heavy atom. The molecule has 0 bridgehead atoms. The zero-order valence-corrected chi connectivity index (χ0v) is 17.8. The van der Waals surface area contributed by atoms with Crippen molar-refractivity contribution in [3.05, 3.63) is 71.9 Å². The van der Waals surface area contributed by atoms with Crippen molar-refractivity contribution < 1.29 is 4.79 Å². The molecule has 0 saturated carbocycles. The van der Waals surface area contributed by atoms with E-state index < -0.39 is 0 Å². The van der Waals surface area contributed by atoms with E-state index in [4.69, 9.17) is 0 Å². The van der Waals surface area contributed by atoms with Crippen molar-refractivity contribution in [3.63, 3.8) is 0 Å². The number of hydrogen-bond donors (Lipinski definition) is 0. The van der Waals surface area contributed by atoms with Crippen LogP contribution in [-0.2, 0) is 4.79 Å². The number of amides is 1. The van der Waals surface area contributed by atoms with E-state index in [1.165, 1.54) is 11.8 Å². The number of hydrogen-bond acceptors (Lipinski definition) is 5. The second-order valence-corrected chi connectivity index (χ2v) is 8.92. The van der Waals surface area contributed by atoms with Crippen molar-refractivity contribution in [1.29, 1.82) is 5.26 Å². The van der Waals surface area contributed by atoms with Gasteiger partial charge in [0.05, 0.1) is 22.2 Å². The summed E-state index contributed by atoms with van der Waals surface area (Å²) in [6.45, 7) is 3.89. The normalized spacial score (nSPS) is 13.2. The molecule has 1 aromatic heterocycles. The van der Waals surface area contributed by atoms with Gasteiger partial charge in [-0.25, -0.2) is 4.98 Å². The smallest absolute Gasteiger partial charge is 0.245 e. The van der Waals surface area contributed by atoms with Crippen molar-refractivity contribution >= 4 is 40.8 Å². The molecule has 4 rings (SSSR count). The van der Waals surface area contributed by atoms with Crippen LogP contribution in [0.5, 0.6) is 0 Å². The fourth-order valence-corrected chi connectivity index (χ4v) is 5.37. The van der Waals surface area contributed by atoms with Crippen LogP contribution in [0.1, 0.15) is 24.6 Å². The van der Waals surface area contributed by atoms with Gasteiger partial charge in [0.2, 0.25) is 5.91 Å². The average molecular weight is 418 g/mol. The lowest BCUT2D eigenvalue weighted by atomic mass is 10.2. The SMILES string of the molecule is CCC(Sc1nc(C)ccc1C#N)C(=O)N1c2ccccc2Sc2ccccc21. The van der Waals surface area contributed by atoms with Gasteiger partial charge in [0, 0.05) is 15.5 Å². The fraction of sp³-hybridized carbons (Fsp3) is 0.174. The average Bonchev–Trinajstić information content (AvgIpc) is 2.75. The van der Waals surface area contributed by atoms with Crippen LogP contribution in [0, 0.1) is 18.3 Å². The van der Waals surface area contributed by atoms with E-state index in [1.54, 1.807) is 17.8 Å². The van der Waals surface area contributed by atoms with Crippen LogP contribution >= 0.6 is 23.5 Å². The van der Waals surface area contributed by atoms with Crippen LogP contribution in [0.15, 0.2) is 75.5 Å². The van der Waals surface area contributed by atoms with Gasteiger partial charge in [-0.2, -0.15) is 5.26 Å². The molecule has 29 heavy (non-hydrogen) atoms. The van der Waals surface area contributed by atoms with Gasteiger partial charge in [0.1, 0.15) is 11.1 Å². The monoisotopic (exact) mass is 417 g/mol. The largest absolute Gasteiger partial charge is 0.278 e. The van der Waals surface area contributed by atoms with Crippen molar-refractivity contribution in [2.45, 2.75) is 40.3 Å². The Bertz CT molecular complexity index is 1080. The lowest BCUT2D eigenvalue weighted by Gasteiger charge is -2.33. The lowest BCUT2D eigenvalue weighted by Crippen LogP contribution is -2.35. The Hall–Kier alpha value is -2.75. The van der Waals surface area contributed by atoms with Crippen LogP contribution in [0.4, 0.5) is 11.4 Å². The number of aryl methyl sites for hydroxylation is 1. The Morgan fingerprint density at radius 2 is 1.72 bits per heavy atom. The molecule has 0 saturated heterocycles. The Morgan fingerprint density at radius 3 is 2.31 bits per heavy atom. The number of carbonyl (C=O) groups is 1. The third-order valence-corrected chi connectivity index (χ3v) is 7.16. The molecule has 3 aromatic rings. The highest BCUT2D eigenvalue weighted by Gasteiger charge is 2.32. The highest BCUT2D eigenvalue weighted by atomic mass is 32.2. The molecule has 2 heterocycles. The van der Waals surface area contributed by atoms with Gasteiger partial charge >= 0.3 is 0 Å². The third-order valence-electron chi connectivity index (χ3n) is 4.67. The summed E-state index contributed by atoms with van der Waals surface area (Å²) in [6.07, 6.45) is 0.637. The molecule has 0 N–H and O–H groups in total. The second kappa shape index (κ2) is 8.32. The number of fused-ring (bicyclic) bond motifs is 2. The molecule has 0 fully saturated rings. The summed E-state index contributed by atoms with van der Waals surface area (Å²) in [5.41, 5.74) is 3.14. The van der Waals surface area contributed by atoms with Gasteiger partial charge in [0.15, 0.2) is 0 Å². The maximum atomic E-state index is 13.7. The van der Waals surface area contributed by atoms with E-state index >= 15 is 0 Å². The predicted octanol–water partition coefficient (Wildman–Crippen LogP) is 5.96. The maximum absolute atomic E-state index is 13.7. The molecule has 144 valence electrons. The quantitative estimate of drug-likeness (QED) is 0.490.